The molecule has 1 fully saturated rings. The van der Waals surface area contributed by atoms with Crippen LogP contribution in [0.1, 0.15) is 10.6 Å². The van der Waals surface area contributed by atoms with Crippen LogP contribution in [0, 0.1) is 0 Å². The van der Waals surface area contributed by atoms with Gasteiger partial charge in [0, 0.05) is 7.12 Å². The van der Waals surface area contributed by atoms with Gasteiger partial charge in [-0.05, 0) is 47.3 Å². The highest BCUT2D eigenvalue weighted by atomic mass is 33.3. The van der Waals surface area contributed by atoms with Crippen molar-refractivity contribution in [3.8, 4) is 11.5 Å². The average molecular weight is 322 g/mol. The lowest BCUT2D eigenvalue weighted by Gasteiger charge is -2.35. The van der Waals surface area contributed by atoms with Crippen molar-refractivity contribution in [2.45, 2.75) is 4.99 Å². The molecule has 0 bridgehead atoms. The van der Waals surface area contributed by atoms with Crippen LogP contribution in [0.3, 0.4) is 0 Å². The van der Waals surface area contributed by atoms with Crippen molar-refractivity contribution in [3.63, 3.8) is 0 Å². The number of rotatable bonds is 4. The molecule has 1 heterocycles. The zero-order chi connectivity index (χ0) is 13.9. The fourth-order valence-corrected chi connectivity index (χ4v) is 9.33. The topological polar surface area (TPSA) is 18.5 Å². The Kier molecular flexibility index (Phi) is 4.45. The van der Waals surface area contributed by atoms with Crippen molar-refractivity contribution in [2.75, 3.05) is 14.2 Å². The van der Waals surface area contributed by atoms with E-state index in [9.17, 15) is 0 Å². The van der Waals surface area contributed by atoms with Gasteiger partial charge < -0.3 is 9.47 Å². The van der Waals surface area contributed by atoms with Crippen LogP contribution in [0.25, 0.3) is 0 Å². The quantitative estimate of drug-likeness (QED) is 0.593. The van der Waals surface area contributed by atoms with E-state index in [1.165, 1.54) is 10.9 Å². The second kappa shape index (κ2) is 6.30. The molecule has 0 spiro atoms. The summed E-state index contributed by atoms with van der Waals surface area (Å²) in [5, 5.41) is 1.42. The number of benzene rings is 2. The molecule has 104 valence electrons. The van der Waals surface area contributed by atoms with E-state index in [2.05, 4.69) is 24.3 Å². The molecule has 0 N–H and O–H groups in total. The monoisotopic (exact) mass is 322 g/mol. The molecule has 2 atom stereocenters. The molecule has 2 nitrogen and oxygen atoms in total. The van der Waals surface area contributed by atoms with Gasteiger partial charge in [-0.25, -0.2) is 0 Å². The van der Waals surface area contributed by atoms with Crippen LogP contribution >= 0.6 is 28.3 Å². The zero-order valence-corrected chi connectivity index (χ0v) is 13.8. The maximum Gasteiger partial charge on any atom is 0.118 e. The van der Waals surface area contributed by atoms with Gasteiger partial charge in [-0.3, -0.25) is 0 Å². The largest absolute Gasteiger partial charge is 0.497 e. The summed E-state index contributed by atoms with van der Waals surface area (Å²) in [7, 11) is 7.18. The third-order valence-corrected chi connectivity index (χ3v) is 12.0. The molecule has 0 aliphatic carbocycles. The molecule has 0 radical (unpaired) electrons. The van der Waals surface area contributed by atoms with Gasteiger partial charge >= 0.3 is 0 Å². The maximum absolute atomic E-state index is 5.22. The molecule has 2 unspecified atom stereocenters. The average Bonchev–Trinajstić information content (AvgIpc) is 2.48. The fraction of sp³-hybridized carbons (Fsp3) is 0.200. The van der Waals surface area contributed by atoms with Crippen molar-refractivity contribution in [1.82, 2.24) is 0 Å². The predicted octanol–water partition coefficient (Wildman–Crippen LogP) is 4.82. The summed E-state index contributed by atoms with van der Waals surface area (Å²) < 4.78 is 10.4. The molecular formula is C15H15O2PS2. The second-order valence-corrected chi connectivity index (χ2v) is 10.7. The molecule has 2 aromatic rings. The van der Waals surface area contributed by atoms with Crippen LogP contribution in [0.5, 0.6) is 11.5 Å². The van der Waals surface area contributed by atoms with Crippen LogP contribution in [0.4, 0.5) is 0 Å². The molecule has 1 saturated heterocycles. The minimum atomic E-state index is -0.181. The van der Waals surface area contributed by atoms with Crippen LogP contribution in [-0.4, -0.2) is 14.2 Å². The van der Waals surface area contributed by atoms with Gasteiger partial charge in [0.25, 0.3) is 0 Å². The smallest absolute Gasteiger partial charge is 0.118 e. The molecule has 5 heteroatoms. The summed E-state index contributed by atoms with van der Waals surface area (Å²) in [6.45, 7) is 0. The fourth-order valence-electron chi connectivity index (χ4n) is 2.00. The summed E-state index contributed by atoms with van der Waals surface area (Å²) in [6, 6.07) is 16.9. The summed E-state index contributed by atoms with van der Waals surface area (Å²) in [4.78, 5) is 0.578. The Balaban J connectivity index is 1.77. The third-order valence-electron chi connectivity index (χ3n) is 3.16. The first-order valence-corrected chi connectivity index (χ1v) is 10.5. The lowest BCUT2D eigenvalue weighted by Crippen LogP contribution is -2.07. The molecule has 1 aliphatic heterocycles. The predicted molar refractivity (Wildman–Crippen MR) is 90.5 cm³/mol. The molecule has 0 amide bonds. The highest BCUT2D eigenvalue weighted by molar-refractivity contribution is 9.07. The van der Waals surface area contributed by atoms with Crippen molar-refractivity contribution >= 4 is 33.6 Å². The normalized spacial score (nSPS) is 21.1. The number of hydrogen-bond donors (Lipinski definition) is 0. The van der Waals surface area contributed by atoms with E-state index in [1.807, 2.05) is 45.5 Å². The lowest BCUT2D eigenvalue weighted by molar-refractivity contribution is 0.414. The van der Waals surface area contributed by atoms with Gasteiger partial charge in [-0.15, -0.1) is 0 Å². The minimum Gasteiger partial charge on any atom is -0.497 e. The van der Waals surface area contributed by atoms with E-state index in [0.717, 1.165) is 11.5 Å². The lowest BCUT2D eigenvalue weighted by atomic mass is 10.2. The van der Waals surface area contributed by atoms with Gasteiger partial charge in [0.1, 0.15) is 11.5 Å². The minimum absolute atomic E-state index is 0.181. The van der Waals surface area contributed by atoms with E-state index in [4.69, 9.17) is 9.47 Å². The van der Waals surface area contributed by atoms with Gasteiger partial charge in [0.2, 0.25) is 0 Å². The summed E-state index contributed by atoms with van der Waals surface area (Å²) in [6.07, 6.45) is 0. The van der Waals surface area contributed by atoms with E-state index < -0.39 is 0 Å². The second-order valence-electron chi connectivity index (χ2n) is 4.32. The van der Waals surface area contributed by atoms with Crippen LogP contribution in [0.15, 0.2) is 48.5 Å². The van der Waals surface area contributed by atoms with Crippen molar-refractivity contribution < 1.29 is 9.47 Å². The first-order chi connectivity index (χ1) is 9.81. The summed E-state index contributed by atoms with van der Waals surface area (Å²) >= 11 is 0. The Hall–Kier alpha value is -0.830. The molecule has 2 aromatic carbocycles. The highest BCUT2D eigenvalue weighted by Crippen LogP contribution is 2.81. The Bertz CT molecular complexity index is 518. The van der Waals surface area contributed by atoms with Gasteiger partial charge in [0.05, 0.1) is 19.2 Å². The molecule has 0 aromatic heterocycles. The number of ether oxygens (including phenoxy) is 2. The summed E-state index contributed by atoms with van der Waals surface area (Å²) in [5.74, 6) is 1.84. The Morgan fingerprint density at radius 3 is 1.85 bits per heavy atom. The Morgan fingerprint density at radius 1 is 0.850 bits per heavy atom. The molecule has 1 aliphatic rings. The number of methoxy groups -OCH3 is 2. The van der Waals surface area contributed by atoms with Crippen LogP contribution in [0.2, 0.25) is 0 Å². The number of hydrogen-bond acceptors (Lipinski definition) is 4. The molecule has 0 saturated carbocycles. The van der Waals surface area contributed by atoms with E-state index in [-0.39, 0.29) is 7.12 Å². The van der Waals surface area contributed by atoms with Crippen LogP contribution < -0.4 is 14.8 Å². The van der Waals surface area contributed by atoms with E-state index in [0.29, 0.717) is 4.99 Å². The molecule has 3 rings (SSSR count). The third kappa shape index (κ3) is 2.78. The molecular weight excluding hydrogens is 307 g/mol. The zero-order valence-electron chi connectivity index (χ0n) is 11.3. The summed E-state index contributed by atoms with van der Waals surface area (Å²) in [5.41, 5.74) is 1.39. The van der Waals surface area contributed by atoms with Gasteiger partial charge in [0.15, 0.2) is 0 Å². The highest BCUT2D eigenvalue weighted by Gasteiger charge is 2.35. The van der Waals surface area contributed by atoms with E-state index >= 15 is 0 Å². The van der Waals surface area contributed by atoms with Crippen molar-refractivity contribution in [3.05, 3.63) is 54.1 Å². The van der Waals surface area contributed by atoms with Gasteiger partial charge in [-0.1, -0.05) is 33.3 Å². The van der Waals surface area contributed by atoms with Crippen LogP contribution in [-0.2, 0) is 0 Å². The van der Waals surface area contributed by atoms with Gasteiger partial charge in [-0.2, -0.15) is 0 Å². The molecule has 20 heavy (non-hydrogen) atoms. The first kappa shape index (κ1) is 14.1. The maximum atomic E-state index is 5.22. The Morgan fingerprint density at radius 2 is 1.40 bits per heavy atom. The van der Waals surface area contributed by atoms with Crippen molar-refractivity contribution in [1.29, 1.82) is 0 Å². The first-order valence-electron chi connectivity index (χ1n) is 6.22. The standard InChI is InChI=1S/C15H15O2PS2/c1-16-12-5-3-11(4-6-12)15-18(20-19-15)14-9-7-13(17-2)8-10-14/h3-10,15H,1-2H3. The van der Waals surface area contributed by atoms with Crippen molar-refractivity contribution in [2.24, 2.45) is 0 Å². The van der Waals surface area contributed by atoms with E-state index in [1.54, 1.807) is 14.2 Å². The SMILES string of the molecule is COc1ccc(C2SSP2c2ccc(OC)cc2)cc1. The Labute approximate surface area is 128 Å².